The van der Waals surface area contributed by atoms with Gasteiger partial charge in [0.05, 0.1) is 11.0 Å². The predicted octanol–water partition coefficient (Wildman–Crippen LogP) is 8.38. The standard InChI is InChI=1S/C31H18N2O/c1-2-6-23-19(5-1)10-14-27-29(23)26-13-12-25-24-7-3-4-8-28(24)34-31(25)30(26)33(27)22-11-9-21-18-32-16-15-20(21)17-22/h1-18H. The lowest BCUT2D eigenvalue weighted by Gasteiger charge is -2.10. The van der Waals surface area contributed by atoms with E-state index in [4.69, 9.17) is 4.42 Å². The molecular formula is C31H18N2O. The van der Waals surface area contributed by atoms with Gasteiger partial charge in [0.1, 0.15) is 5.58 Å². The first-order chi connectivity index (χ1) is 16.9. The minimum atomic E-state index is 0.913. The summed E-state index contributed by atoms with van der Waals surface area (Å²) in [7, 11) is 0. The van der Waals surface area contributed by atoms with Crippen molar-refractivity contribution in [2.75, 3.05) is 0 Å². The minimum absolute atomic E-state index is 0.913. The smallest absolute Gasteiger partial charge is 0.160 e. The molecule has 3 heteroatoms. The van der Waals surface area contributed by atoms with Crippen molar-refractivity contribution in [3.63, 3.8) is 0 Å². The average Bonchev–Trinajstić information content (AvgIpc) is 3.44. The molecule has 0 unspecified atom stereocenters. The Labute approximate surface area is 194 Å². The summed E-state index contributed by atoms with van der Waals surface area (Å²) in [5, 5.41) is 9.53. The van der Waals surface area contributed by atoms with Gasteiger partial charge in [-0.15, -0.1) is 0 Å². The molecular weight excluding hydrogens is 416 g/mol. The van der Waals surface area contributed by atoms with Crippen molar-refractivity contribution in [3.05, 3.63) is 109 Å². The second-order valence-corrected chi connectivity index (χ2v) is 8.86. The van der Waals surface area contributed by atoms with Crippen LogP contribution in [0.5, 0.6) is 0 Å². The van der Waals surface area contributed by atoms with E-state index in [1.807, 2.05) is 24.5 Å². The zero-order chi connectivity index (χ0) is 22.2. The van der Waals surface area contributed by atoms with Crippen LogP contribution in [0.1, 0.15) is 0 Å². The van der Waals surface area contributed by atoms with E-state index < -0.39 is 0 Å². The molecule has 0 aliphatic rings. The van der Waals surface area contributed by atoms with E-state index in [-0.39, 0.29) is 0 Å². The fraction of sp³-hybridized carbons (Fsp3) is 0. The normalized spacial score (nSPS) is 12.1. The lowest BCUT2D eigenvalue weighted by atomic mass is 10.0. The zero-order valence-electron chi connectivity index (χ0n) is 18.2. The monoisotopic (exact) mass is 434 g/mol. The molecule has 34 heavy (non-hydrogen) atoms. The number of benzene rings is 5. The molecule has 0 bridgehead atoms. The minimum Gasteiger partial charge on any atom is -0.454 e. The molecule has 0 radical (unpaired) electrons. The second kappa shape index (κ2) is 6.46. The Morgan fingerprint density at radius 3 is 2.41 bits per heavy atom. The van der Waals surface area contributed by atoms with E-state index in [2.05, 4.69) is 94.5 Å². The van der Waals surface area contributed by atoms with Crippen LogP contribution in [-0.4, -0.2) is 9.55 Å². The van der Waals surface area contributed by atoms with Crippen LogP contribution in [0, 0.1) is 0 Å². The summed E-state index contributed by atoms with van der Waals surface area (Å²) in [6.45, 7) is 0. The van der Waals surface area contributed by atoms with Crippen molar-refractivity contribution in [2.24, 2.45) is 0 Å². The lowest BCUT2D eigenvalue weighted by molar-refractivity contribution is 0.671. The first-order valence-corrected chi connectivity index (χ1v) is 11.5. The SMILES string of the molecule is c1ccc2c(c1)ccc1c2c2ccc3c4ccccc4oc3c2n1-c1ccc2cnccc2c1. The van der Waals surface area contributed by atoms with Gasteiger partial charge in [0.15, 0.2) is 5.58 Å². The van der Waals surface area contributed by atoms with Gasteiger partial charge in [0.2, 0.25) is 0 Å². The predicted molar refractivity (Wildman–Crippen MR) is 141 cm³/mol. The summed E-state index contributed by atoms with van der Waals surface area (Å²) in [5.41, 5.74) is 5.23. The molecule has 3 aromatic heterocycles. The van der Waals surface area contributed by atoms with Gasteiger partial charge in [0.25, 0.3) is 0 Å². The van der Waals surface area contributed by atoms with Gasteiger partial charge in [-0.2, -0.15) is 0 Å². The summed E-state index contributed by atoms with van der Waals surface area (Å²) in [6, 6.07) is 34.5. The molecule has 3 heterocycles. The molecule has 158 valence electrons. The van der Waals surface area contributed by atoms with Crippen LogP contribution in [0.15, 0.2) is 114 Å². The number of para-hydroxylation sites is 1. The largest absolute Gasteiger partial charge is 0.454 e. The van der Waals surface area contributed by atoms with Gasteiger partial charge in [-0.3, -0.25) is 4.98 Å². The zero-order valence-corrected chi connectivity index (χ0v) is 18.2. The number of hydrogen-bond acceptors (Lipinski definition) is 2. The van der Waals surface area contributed by atoms with Crippen molar-refractivity contribution >= 4 is 65.3 Å². The van der Waals surface area contributed by atoms with Crippen LogP contribution in [0.25, 0.3) is 71.0 Å². The fourth-order valence-corrected chi connectivity index (χ4v) is 5.53. The van der Waals surface area contributed by atoms with Crippen LogP contribution >= 0.6 is 0 Å². The summed E-state index contributed by atoms with van der Waals surface area (Å²) >= 11 is 0. The number of pyridine rings is 1. The molecule has 0 N–H and O–H groups in total. The Bertz CT molecular complexity index is 2080. The molecule has 0 saturated carbocycles. The van der Waals surface area contributed by atoms with Crippen LogP contribution < -0.4 is 0 Å². The third-order valence-electron chi connectivity index (χ3n) is 7.04. The van der Waals surface area contributed by atoms with Gasteiger partial charge in [-0.1, -0.05) is 60.7 Å². The molecule has 0 amide bonds. The lowest BCUT2D eigenvalue weighted by Crippen LogP contribution is -1.94. The highest BCUT2D eigenvalue weighted by Crippen LogP contribution is 2.42. The highest BCUT2D eigenvalue weighted by molar-refractivity contribution is 6.27. The van der Waals surface area contributed by atoms with E-state index in [0.717, 1.165) is 38.5 Å². The van der Waals surface area contributed by atoms with E-state index in [1.54, 1.807) is 0 Å². The molecule has 0 fully saturated rings. The topological polar surface area (TPSA) is 31.0 Å². The number of aromatic nitrogens is 2. The van der Waals surface area contributed by atoms with Crippen LogP contribution in [0.2, 0.25) is 0 Å². The van der Waals surface area contributed by atoms with E-state index in [0.29, 0.717) is 0 Å². The number of hydrogen-bond donors (Lipinski definition) is 0. The molecule has 8 rings (SSSR count). The van der Waals surface area contributed by atoms with Crippen LogP contribution in [0.3, 0.4) is 0 Å². The molecule has 8 aromatic rings. The molecule has 3 nitrogen and oxygen atoms in total. The molecule has 0 aliphatic carbocycles. The van der Waals surface area contributed by atoms with E-state index in [9.17, 15) is 0 Å². The number of fused-ring (bicyclic) bond motifs is 10. The Morgan fingerprint density at radius 1 is 0.618 bits per heavy atom. The van der Waals surface area contributed by atoms with Crippen molar-refractivity contribution in [2.45, 2.75) is 0 Å². The molecule has 0 atom stereocenters. The first-order valence-electron chi connectivity index (χ1n) is 11.5. The maximum Gasteiger partial charge on any atom is 0.160 e. The Kier molecular flexibility index (Phi) is 3.39. The van der Waals surface area contributed by atoms with Crippen LogP contribution in [-0.2, 0) is 0 Å². The quantitative estimate of drug-likeness (QED) is 0.260. The van der Waals surface area contributed by atoms with E-state index in [1.165, 1.54) is 32.4 Å². The maximum atomic E-state index is 6.53. The second-order valence-electron chi connectivity index (χ2n) is 8.86. The molecule has 0 spiro atoms. The van der Waals surface area contributed by atoms with Crippen molar-refractivity contribution in [1.29, 1.82) is 0 Å². The average molecular weight is 434 g/mol. The highest BCUT2D eigenvalue weighted by atomic mass is 16.3. The van der Waals surface area contributed by atoms with Gasteiger partial charge in [-0.25, -0.2) is 0 Å². The Hall–Kier alpha value is -4.63. The Balaban J connectivity index is 1.64. The Morgan fingerprint density at radius 2 is 1.44 bits per heavy atom. The summed E-state index contributed by atoms with van der Waals surface area (Å²) < 4.78 is 8.89. The number of nitrogens with zero attached hydrogens (tertiary/aromatic N) is 2. The number of furan rings is 1. The third kappa shape index (κ3) is 2.28. The molecule has 0 saturated heterocycles. The van der Waals surface area contributed by atoms with Gasteiger partial charge in [-0.05, 0) is 52.6 Å². The summed E-state index contributed by atoms with van der Waals surface area (Å²) in [4.78, 5) is 4.28. The van der Waals surface area contributed by atoms with Crippen molar-refractivity contribution in [1.82, 2.24) is 9.55 Å². The van der Waals surface area contributed by atoms with Gasteiger partial charge >= 0.3 is 0 Å². The highest BCUT2D eigenvalue weighted by Gasteiger charge is 2.20. The first kappa shape index (κ1) is 17.9. The van der Waals surface area contributed by atoms with Crippen molar-refractivity contribution in [3.8, 4) is 5.69 Å². The fourth-order valence-electron chi connectivity index (χ4n) is 5.53. The molecule has 0 aliphatic heterocycles. The summed E-state index contributed by atoms with van der Waals surface area (Å²) in [6.07, 6.45) is 3.76. The molecule has 5 aromatic carbocycles. The number of rotatable bonds is 1. The van der Waals surface area contributed by atoms with Gasteiger partial charge < -0.3 is 8.98 Å². The van der Waals surface area contributed by atoms with Crippen molar-refractivity contribution < 1.29 is 4.42 Å². The van der Waals surface area contributed by atoms with E-state index >= 15 is 0 Å². The van der Waals surface area contributed by atoms with Gasteiger partial charge in [0, 0.05) is 45.0 Å². The maximum absolute atomic E-state index is 6.53. The summed E-state index contributed by atoms with van der Waals surface area (Å²) in [5.74, 6) is 0. The third-order valence-corrected chi connectivity index (χ3v) is 7.04. The van der Waals surface area contributed by atoms with Crippen LogP contribution in [0.4, 0.5) is 0 Å².